The highest BCUT2D eigenvalue weighted by molar-refractivity contribution is 6.32. The Morgan fingerprint density at radius 1 is 1.23 bits per heavy atom. The van der Waals surface area contributed by atoms with E-state index in [1.807, 2.05) is 37.3 Å². The molecular weight excluding hydrogens is 348 g/mol. The first-order valence-electron chi connectivity index (χ1n) is 9.17. The number of halogens is 1. The molecule has 2 aromatic rings. The van der Waals surface area contributed by atoms with E-state index in [1.54, 1.807) is 6.07 Å². The number of ether oxygens (including phenoxy) is 1. The van der Waals surface area contributed by atoms with Gasteiger partial charge in [-0.2, -0.15) is 0 Å². The van der Waals surface area contributed by atoms with Crippen LogP contribution in [0.3, 0.4) is 0 Å². The number of nitrogens with zero attached hydrogens (tertiary/aromatic N) is 1. The van der Waals surface area contributed by atoms with Crippen LogP contribution in [0.5, 0.6) is 5.75 Å². The third-order valence-electron chi connectivity index (χ3n) is 4.85. The number of pyridine rings is 1. The van der Waals surface area contributed by atoms with Crippen molar-refractivity contribution in [3.63, 3.8) is 0 Å². The number of amides is 1. The Morgan fingerprint density at radius 3 is 2.73 bits per heavy atom. The van der Waals surface area contributed by atoms with Crippen molar-refractivity contribution in [1.29, 1.82) is 0 Å². The summed E-state index contributed by atoms with van der Waals surface area (Å²) in [5.74, 6) is 1.26. The summed E-state index contributed by atoms with van der Waals surface area (Å²) in [6.07, 6.45) is 4.43. The van der Waals surface area contributed by atoms with Gasteiger partial charge in [-0.15, -0.1) is 0 Å². The van der Waals surface area contributed by atoms with E-state index < -0.39 is 0 Å². The van der Waals surface area contributed by atoms with E-state index in [0.29, 0.717) is 22.2 Å². The smallest absolute Gasteiger partial charge is 0.270 e. The van der Waals surface area contributed by atoms with Gasteiger partial charge in [0.1, 0.15) is 18.1 Å². The van der Waals surface area contributed by atoms with E-state index in [-0.39, 0.29) is 18.6 Å². The van der Waals surface area contributed by atoms with Gasteiger partial charge in [-0.3, -0.25) is 4.79 Å². The van der Waals surface area contributed by atoms with Crippen LogP contribution in [0.2, 0.25) is 5.02 Å². The number of hydrogen-bond donors (Lipinski definition) is 1. The number of carbonyl (C=O) groups excluding carboxylic acids is 1. The number of aryl methyl sites for hydroxylation is 1. The van der Waals surface area contributed by atoms with Crippen LogP contribution in [0.25, 0.3) is 0 Å². The van der Waals surface area contributed by atoms with Crippen LogP contribution in [-0.2, 0) is 6.61 Å². The number of benzene rings is 1. The van der Waals surface area contributed by atoms with E-state index in [9.17, 15) is 4.79 Å². The zero-order chi connectivity index (χ0) is 18.5. The molecule has 1 aliphatic carbocycles. The molecule has 0 radical (unpaired) electrons. The van der Waals surface area contributed by atoms with Crippen LogP contribution in [-0.4, -0.2) is 16.9 Å². The van der Waals surface area contributed by atoms with Gasteiger partial charge in [-0.1, -0.05) is 30.7 Å². The van der Waals surface area contributed by atoms with Gasteiger partial charge < -0.3 is 10.1 Å². The monoisotopic (exact) mass is 372 g/mol. The summed E-state index contributed by atoms with van der Waals surface area (Å²) in [7, 11) is 0. The van der Waals surface area contributed by atoms with E-state index >= 15 is 0 Å². The van der Waals surface area contributed by atoms with Crippen LogP contribution >= 0.6 is 11.6 Å². The first-order chi connectivity index (χ1) is 12.5. The minimum atomic E-state index is -0.111. The highest BCUT2D eigenvalue weighted by Gasteiger charge is 2.20. The van der Waals surface area contributed by atoms with Gasteiger partial charge in [0.25, 0.3) is 5.91 Å². The number of carbonyl (C=O) groups is 1. The summed E-state index contributed by atoms with van der Waals surface area (Å²) in [6.45, 7) is 4.51. The zero-order valence-corrected chi connectivity index (χ0v) is 16.1. The molecule has 0 aliphatic heterocycles. The number of nitrogens with one attached hydrogen (secondary N) is 1. The normalized spacial score (nSPS) is 19.8. The summed E-state index contributed by atoms with van der Waals surface area (Å²) in [5, 5.41) is 3.68. The highest BCUT2D eigenvalue weighted by Crippen LogP contribution is 2.26. The van der Waals surface area contributed by atoms with E-state index in [4.69, 9.17) is 16.3 Å². The minimum absolute atomic E-state index is 0.111. The number of aromatic nitrogens is 1. The molecule has 1 amide bonds. The molecule has 0 atom stereocenters. The van der Waals surface area contributed by atoms with Crippen molar-refractivity contribution in [1.82, 2.24) is 10.3 Å². The Labute approximate surface area is 159 Å². The lowest BCUT2D eigenvalue weighted by molar-refractivity contribution is 0.0917. The first-order valence-corrected chi connectivity index (χ1v) is 9.55. The van der Waals surface area contributed by atoms with Gasteiger partial charge in [0.2, 0.25) is 0 Å². The van der Waals surface area contributed by atoms with Crippen molar-refractivity contribution in [2.45, 2.75) is 52.2 Å². The van der Waals surface area contributed by atoms with E-state index in [1.165, 1.54) is 12.8 Å². The Kier molecular flexibility index (Phi) is 6.15. The van der Waals surface area contributed by atoms with Crippen molar-refractivity contribution < 1.29 is 9.53 Å². The predicted molar refractivity (Wildman–Crippen MR) is 104 cm³/mol. The molecule has 1 N–H and O–H groups in total. The standard InChI is InChI=1S/C21H25ClN2O2/c1-14-6-9-16(10-7-14)24-21(25)19-5-3-4-17(23-19)13-26-20-11-8-15(2)12-18(20)22/h3-5,8,11-12,14,16H,6-7,9-10,13H2,1-2H3,(H,24,25). The third-order valence-corrected chi connectivity index (χ3v) is 5.15. The second kappa shape index (κ2) is 8.54. The summed E-state index contributed by atoms with van der Waals surface area (Å²) >= 11 is 6.19. The van der Waals surface area contributed by atoms with Crippen LogP contribution in [0.15, 0.2) is 36.4 Å². The number of rotatable bonds is 5. The van der Waals surface area contributed by atoms with Crippen molar-refractivity contribution in [2.75, 3.05) is 0 Å². The summed E-state index contributed by atoms with van der Waals surface area (Å²) in [6, 6.07) is 11.3. The maximum Gasteiger partial charge on any atom is 0.270 e. The quantitative estimate of drug-likeness (QED) is 0.809. The lowest BCUT2D eigenvalue weighted by atomic mass is 9.87. The molecule has 0 saturated heterocycles. The largest absolute Gasteiger partial charge is 0.486 e. The number of hydrogen-bond acceptors (Lipinski definition) is 3. The Morgan fingerprint density at radius 2 is 2.00 bits per heavy atom. The molecule has 1 saturated carbocycles. The van der Waals surface area contributed by atoms with Crippen LogP contribution < -0.4 is 10.1 Å². The molecule has 1 heterocycles. The topological polar surface area (TPSA) is 51.2 Å². The summed E-state index contributed by atoms with van der Waals surface area (Å²) in [4.78, 5) is 16.9. The molecule has 3 rings (SSSR count). The average Bonchev–Trinajstić information content (AvgIpc) is 2.63. The van der Waals surface area contributed by atoms with Gasteiger partial charge in [0, 0.05) is 6.04 Å². The van der Waals surface area contributed by atoms with Gasteiger partial charge in [-0.25, -0.2) is 4.98 Å². The minimum Gasteiger partial charge on any atom is -0.486 e. The van der Waals surface area contributed by atoms with Gasteiger partial charge in [0.05, 0.1) is 10.7 Å². The zero-order valence-electron chi connectivity index (χ0n) is 15.3. The SMILES string of the molecule is Cc1ccc(OCc2cccc(C(=O)NC3CCC(C)CC3)n2)c(Cl)c1. The fourth-order valence-electron chi connectivity index (χ4n) is 3.22. The molecule has 1 fully saturated rings. The highest BCUT2D eigenvalue weighted by atomic mass is 35.5. The summed E-state index contributed by atoms with van der Waals surface area (Å²) in [5.41, 5.74) is 2.21. The molecule has 138 valence electrons. The maximum absolute atomic E-state index is 12.5. The fraction of sp³-hybridized carbons (Fsp3) is 0.429. The fourth-order valence-corrected chi connectivity index (χ4v) is 3.51. The first kappa shape index (κ1) is 18.7. The van der Waals surface area contributed by atoms with Crippen LogP contribution in [0, 0.1) is 12.8 Å². The van der Waals surface area contributed by atoms with Crippen molar-refractivity contribution in [3.8, 4) is 5.75 Å². The van der Waals surface area contributed by atoms with Crippen molar-refractivity contribution in [2.24, 2.45) is 5.92 Å². The molecule has 0 spiro atoms. The van der Waals surface area contributed by atoms with Crippen LogP contribution in [0.1, 0.15) is 54.4 Å². The Hall–Kier alpha value is -2.07. The van der Waals surface area contributed by atoms with E-state index in [0.717, 1.165) is 24.3 Å². The predicted octanol–water partition coefficient (Wildman–Crippen LogP) is 4.93. The maximum atomic E-state index is 12.5. The van der Waals surface area contributed by atoms with Gasteiger partial charge in [-0.05, 0) is 68.4 Å². The van der Waals surface area contributed by atoms with E-state index in [2.05, 4.69) is 17.2 Å². The van der Waals surface area contributed by atoms with Gasteiger partial charge >= 0.3 is 0 Å². The lowest BCUT2D eigenvalue weighted by Crippen LogP contribution is -2.37. The average molecular weight is 373 g/mol. The molecule has 5 heteroatoms. The molecule has 0 bridgehead atoms. The molecule has 1 aromatic heterocycles. The molecule has 1 aliphatic rings. The Bertz CT molecular complexity index is 770. The van der Waals surface area contributed by atoms with Crippen molar-refractivity contribution in [3.05, 3.63) is 58.4 Å². The molecular formula is C21H25ClN2O2. The second-order valence-electron chi connectivity index (χ2n) is 7.17. The molecule has 4 nitrogen and oxygen atoms in total. The second-order valence-corrected chi connectivity index (χ2v) is 7.57. The summed E-state index contributed by atoms with van der Waals surface area (Å²) < 4.78 is 5.75. The van der Waals surface area contributed by atoms with Gasteiger partial charge in [0.15, 0.2) is 0 Å². The molecule has 0 unspecified atom stereocenters. The Balaban J connectivity index is 1.59. The van der Waals surface area contributed by atoms with Crippen molar-refractivity contribution >= 4 is 17.5 Å². The van der Waals surface area contributed by atoms with Crippen LogP contribution in [0.4, 0.5) is 0 Å². The molecule has 26 heavy (non-hydrogen) atoms. The third kappa shape index (κ3) is 4.98. The molecule has 1 aromatic carbocycles. The lowest BCUT2D eigenvalue weighted by Gasteiger charge is -2.26.